The number of rotatable bonds is 7. The van der Waals surface area contributed by atoms with Crippen molar-refractivity contribution in [3.05, 3.63) is 42.7 Å². The molecule has 0 spiro atoms. The fourth-order valence-corrected chi connectivity index (χ4v) is 2.33. The van der Waals surface area contributed by atoms with E-state index in [4.69, 9.17) is 4.52 Å². The van der Waals surface area contributed by atoms with Gasteiger partial charge in [-0.05, 0) is 18.1 Å². The summed E-state index contributed by atoms with van der Waals surface area (Å²) in [5, 5.41) is 11.0. The molecule has 0 saturated heterocycles. The van der Waals surface area contributed by atoms with Crippen LogP contribution in [-0.2, 0) is 17.8 Å². The van der Waals surface area contributed by atoms with Gasteiger partial charge in [-0.15, -0.1) is 0 Å². The molecule has 3 aromatic heterocycles. The molecule has 3 aromatic rings. The Morgan fingerprint density at radius 3 is 2.80 bits per heavy atom. The van der Waals surface area contributed by atoms with E-state index < -0.39 is 0 Å². The molecule has 1 amide bonds. The number of nitrogens with one attached hydrogen (secondary N) is 1. The van der Waals surface area contributed by atoms with Gasteiger partial charge in [0.1, 0.15) is 5.82 Å². The number of carbonyl (C=O) groups is 1. The van der Waals surface area contributed by atoms with Gasteiger partial charge in [-0.2, -0.15) is 10.1 Å². The van der Waals surface area contributed by atoms with Crippen LogP contribution in [0.4, 0.5) is 5.82 Å². The van der Waals surface area contributed by atoms with Gasteiger partial charge in [0.25, 0.3) is 0 Å². The zero-order valence-electron chi connectivity index (χ0n) is 14.2. The van der Waals surface area contributed by atoms with E-state index in [-0.39, 0.29) is 12.3 Å². The van der Waals surface area contributed by atoms with Crippen LogP contribution in [0.25, 0.3) is 11.4 Å². The Kier molecular flexibility index (Phi) is 5.17. The Labute approximate surface area is 145 Å². The fraction of sp³-hybridized carbons (Fsp3) is 0.353. The van der Waals surface area contributed by atoms with E-state index in [2.05, 4.69) is 39.4 Å². The molecule has 8 nitrogen and oxygen atoms in total. The number of hydrogen-bond donors (Lipinski definition) is 1. The average molecular weight is 340 g/mol. The van der Waals surface area contributed by atoms with Gasteiger partial charge < -0.3 is 9.84 Å². The molecule has 0 aromatic carbocycles. The van der Waals surface area contributed by atoms with E-state index in [0.717, 1.165) is 12.1 Å². The molecule has 25 heavy (non-hydrogen) atoms. The Hall–Kier alpha value is -3.03. The van der Waals surface area contributed by atoms with Crippen molar-refractivity contribution in [3.63, 3.8) is 0 Å². The summed E-state index contributed by atoms with van der Waals surface area (Å²) in [6.07, 6.45) is 5.64. The van der Waals surface area contributed by atoms with Crippen LogP contribution in [0.5, 0.6) is 0 Å². The summed E-state index contributed by atoms with van der Waals surface area (Å²) in [7, 11) is 0. The van der Waals surface area contributed by atoms with E-state index >= 15 is 0 Å². The fourth-order valence-electron chi connectivity index (χ4n) is 2.33. The molecule has 0 bridgehead atoms. The SMILES string of the molecule is CC(C)Cn1nccc1NC(=O)CCc1nc(-c2ccncc2)no1. The predicted octanol–water partition coefficient (Wildman–Crippen LogP) is 2.56. The third-order valence-electron chi connectivity index (χ3n) is 3.49. The lowest BCUT2D eigenvalue weighted by Crippen LogP contribution is -2.17. The molecule has 0 saturated carbocycles. The number of nitrogens with zero attached hydrogens (tertiary/aromatic N) is 5. The number of aryl methyl sites for hydroxylation is 1. The van der Waals surface area contributed by atoms with Crippen LogP contribution in [0.15, 0.2) is 41.3 Å². The highest BCUT2D eigenvalue weighted by Gasteiger charge is 2.12. The maximum Gasteiger partial charge on any atom is 0.227 e. The first-order valence-corrected chi connectivity index (χ1v) is 8.16. The molecule has 0 fully saturated rings. The molecular formula is C17H20N6O2. The quantitative estimate of drug-likeness (QED) is 0.709. The van der Waals surface area contributed by atoms with Crippen LogP contribution in [0.2, 0.25) is 0 Å². The lowest BCUT2D eigenvalue weighted by Gasteiger charge is -2.10. The van der Waals surface area contributed by atoms with Gasteiger partial charge in [0.2, 0.25) is 17.6 Å². The summed E-state index contributed by atoms with van der Waals surface area (Å²) < 4.78 is 6.99. The van der Waals surface area contributed by atoms with Crippen molar-refractivity contribution < 1.29 is 9.32 Å². The first kappa shape index (κ1) is 16.8. The highest BCUT2D eigenvalue weighted by atomic mass is 16.5. The summed E-state index contributed by atoms with van der Waals surface area (Å²) in [5.41, 5.74) is 0.826. The summed E-state index contributed by atoms with van der Waals surface area (Å²) in [6, 6.07) is 5.39. The molecule has 8 heteroatoms. The first-order chi connectivity index (χ1) is 12.1. The van der Waals surface area contributed by atoms with Gasteiger partial charge in [-0.25, -0.2) is 4.68 Å². The first-order valence-electron chi connectivity index (χ1n) is 8.16. The van der Waals surface area contributed by atoms with Gasteiger partial charge in [0.05, 0.1) is 6.20 Å². The number of amides is 1. The molecule has 0 aliphatic heterocycles. The second kappa shape index (κ2) is 7.69. The van der Waals surface area contributed by atoms with Gasteiger partial charge in [-0.1, -0.05) is 19.0 Å². The Balaban J connectivity index is 1.55. The van der Waals surface area contributed by atoms with Crippen LogP contribution >= 0.6 is 0 Å². The molecule has 3 heterocycles. The van der Waals surface area contributed by atoms with E-state index in [1.807, 2.05) is 0 Å². The van der Waals surface area contributed by atoms with E-state index in [1.54, 1.807) is 41.5 Å². The molecular weight excluding hydrogens is 320 g/mol. The molecule has 1 N–H and O–H groups in total. The maximum atomic E-state index is 12.1. The monoisotopic (exact) mass is 340 g/mol. The van der Waals surface area contributed by atoms with Crippen LogP contribution in [0.3, 0.4) is 0 Å². The largest absolute Gasteiger partial charge is 0.339 e. The smallest absolute Gasteiger partial charge is 0.227 e. The van der Waals surface area contributed by atoms with E-state index in [1.165, 1.54) is 0 Å². The average Bonchev–Trinajstić information content (AvgIpc) is 3.23. The number of anilines is 1. The molecule has 130 valence electrons. The second-order valence-corrected chi connectivity index (χ2v) is 6.09. The van der Waals surface area contributed by atoms with Crippen molar-refractivity contribution in [1.29, 1.82) is 0 Å². The molecule has 0 unspecified atom stereocenters. The van der Waals surface area contributed by atoms with Gasteiger partial charge in [-0.3, -0.25) is 9.78 Å². The topological polar surface area (TPSA) is 98.7 Å². The summed E-state index contributed by atoms with van der Waals surface area (Å²) in [5.74, 6) is 1.95. The van der Waals surface area contributed by atoms with Crippen LogP contribution in [0, 0.1) is 5.92 Å². The Morgan fingerprint density at radius 1 is 1.24 bits per heavy atom. The lowest BCUT2D eigenvalue weighted by atomic mass is 10.2. The number of carbonyl (C=O) groups excluding carboxylic acids is 1. The van der Waals surface area contributed by atoms with Crippen molar-refractivity contribution in [2.45, 2.75) is 33.2 Å². The van der Waals surface area contributed by atoms with Crippen LogP contribution in [0.1, 0.15) is 26.2 Å². The molecule has 3 rings (SSSR count). The minimum absolute atomic E-state index is 0.117. The highest BCUT2D eigenvalue weighted by Crippen LogP contribution is 2.15. The summed E-state index contributed by atoms with van der Waals surface area (Å²) in [4.78, 5) is 20.4. The van der Waals surface area contributed by atoms with Crippen LogP contribution in [-0.4, -0.2) is 30.8 Å². The zero-order valence-corrected chi connectivity index (χ0v) is 14.2. The van der Waals surface area contributed by atoms with Crippen molar-refractivity contribution >= 4 is 11.7 Å². The second-order valence-electron chi connectivity index (χ2n) is 6.09. The molecule has 0 aliphatic carbocycles. The summed E-state index contributed by atoms with van der Waals surface area (Å²) >= 11 is 0. The predicted molar refractivity (Wildman–Crippen MR) is 91.5 cm³/mol. The van der Waals surface area contributed by atoms with Crippen molar-refractivity contribution in [1.82, 2.24) is 24.9 Å². The number of hydrogen-bond acceptors (Lipinski definition) is 6. The van der Waals surface area contributed by atoms with Crippen molar-refractivity contribution in [3.8, 4) is 11.4 Å². The maximum absolute atomic E-state index is 12.1. The standard InChI is InChI=1S/C17H20N6O2/c1-12(2)11-23-14(7-10-19-23)20-15(24)3-4-16-21-17(22-25-16)13-5-8-18-9-6-13/h5-10,12H,3-4,11H2,1-2H3,(H,20,24). The van der Waals surface area contributed by atoms with Crippen molar-refractivity contribution in [2.75, 3.05) is 5.32 Å². The van der Waals surface area contributed by atoms with Crippen molar-refractivity contribution in [2.24, 2.45) is 5.92 Å². The normalized spacial score (nSPS) is 11.0. The lowest BCUT2D eigenvalue weighted by molar-refractivity contribution is -0.116. The third-order valence-corrected chi connectivity index (χ3v) is 3.49. The van der Waals surface area contributed by atoms with E-state index in [9.17, 15) is 4.79 Å². The van der Waals surface area contributed by atoms with Gasteiger partial charge >= 0.3 is 0 Å². The van der Waals surface area contributed by atoms with Gasteiger partial charge in [0, 0.05) is 43.4 Å². The minimum atomic E-state index is -0.117. The Morgan fingerprint density at radius 2 is 2.04 bits per heavy atom. The zero-order chi connectivity index (χ0) is 17.6. The minimum Gasteiger partial charge on any atom is -0.339 e. The number of pyridine rings is 1. The molecule has 0 atom stereocenters. The van der Waals surface area contributed by atoms with Crippen LogP contribution < -0.4 is 5.32 Å². The Bertz CT molecular complexity index is 825. The third kappa shape index (κ3) is 4.50. The van der Waals surface area contributed by atoms with Gasteiger partial charge in [0.15, 0.2) is 0 Å². The number of aromatic nitrogens is 5. The summed E-state index contributed by atoms with van der Waals surface area (Å²) in [6.45, 7) is 4.95. The molecule has 0 radical (unpaired) electrons. The van der Waals surface area contributed by atoms with E-state index in [0.29, 0.717) is 29.9 Å². The highest BCUT2D eigenvalue weighted by molar-refractivity contribution is 5.89. The molecule has 0 aliphatic rings.